The smallest absolute Gasteiger partial charge is 0.134 e. The summed E-state index contributed by atoms with van der Waals surface area (Å²) in [5.41, 5.74) is 0. The Balaban J connectivity index is 2.77. The third kappa shape index (κ3) is 4.27. The fraction of sp³-hybridized carbons (Fsp3) is 0.583. The molecule has 0 radical (unpaired) electrons. The van der Waals surface area contributed by atoms with Crippen molar-refractivity contribution in [2.45, 2.75) is 26.7 Å². The lowest BCUT2D eigenvalue weighted by Gasteiger charge is -2.17. The van der Waals surface area contributed by atoms with Crippen LogP contribution in [0.25, 0.3) is 0 Å². The van der Waals surface area contributed by atoms with Crippen LogP contribution in [0.15, 0.2) is 6.07 Å². The Morgan fingerprint density at radius 2 is 2.24 bits per heavy atom. The SMILES string of the molecule is CCCNc1cc(N(C)CCC#N)nc(C)n1. The zero-order valence-corrected chi connectivity index (χ0v) is 10.7. The topological polar surface area (TPSA) is 64.8 Å². The van der Waals surface area contributed by atoms with E-state index in [0.29, 0.717) is 13.0 Å². The molecule has 0 aliphatic heterocycles. The van der Waals surface area contributed by atoms with Gasteiger partial charge in [-0.25, -0.2) is 9.97 Å². The number of aryl methyl sites for hydroxylation is 1. The van der Waals surface area contributed by atoms with Crippen molar-refractivity contribution in [1.82, 2.24) is 9.97 Å². The van der Waals surface area contributed by atoms with Crippen molar-refractivity contribution in [1.29, 1.82) is 5.26 Å². The van der Waals surface area contributed by atoms with E-state index in [2.05, 4.69) is 28.3 Å². The molecule has 5 nitrogen and oxygen atoms in total. The molecule has 0 aromatic carbocycles. The predicted octanol–water partition coefficient (Wildman–Crippen LogP) is 1.96. The molecule has 0 aliphatic rings. The number of nitrogens with zero attached hydrogens (tertiary/aromatic N) is 4. The van der Waals surface area contributed by atoms with E-state index in [1.54, 1.807) is 0 Å². The molecule has 92 valence electrons. The van der Waals surface area contributed by atoms with Crippen LogP contribution in [0.3, 0.4) is 0 Å². The van der Waals surface area contributed by atoms with E-state index in [1.807, 2.05) is 24.9 Å². The van der Waals surface area contributed by atoms with Gasteiger partial charge in [0.1, 0.15) is 17.5 Å². The van der Waals surface area contributed by atoms with Crippen molar-refractivity contribution in [3.63, 3.8) is 0 Å². The first-order valence-electron chi connectivity index (χ1n) is 5.85. The Bertz CT molecular complexity index is 396. The Kier molecular flexibility index (Phi) is 5.21. The van der Waals surface area contributed by atoms with E-state index < -0.39 is 0 Å². The maximum atomic E-state index is 8.57. The van der Waals surface area contributed by atoms with Gasteiger partial charge in [0.05, 0.1) is 12.5 Å². The largest absolute Gasteiger partial charge is 0.370 e. The van der Waals surface area contributed by atoms with Gasteiger partial charge in [-0.3, -0.25) is 0 Å². The first-order valence-corrected chi connectivity index (χ1v) is 5.85. The number of anilines is 2. The van der Waals surface area contributed by atoms with E-state index in [0.717, 1.165) is 30.4 Å². The summed E-state index contributed by atoms with van der Waals surface area (Å²) in [4.78, 5) is 10.6. The number of nitriles is 1. The minimum absolute atomic E-state index is 0.497. The summed E-state index contributed by atoms with van der Waals surface area (Å²) in [5.74, 6) is 2.44. The lowest BCUT2D eigenvalue weighted by atomic mass is 10.4. The first-order chi connectivity index (χ1) is 8.17. The van der Waals surface area contributed by atoms with E-state index in [1.165, 1.54) is 0 Å². The highest BCUT2D eigenvalue weighted by molar-refractivity contribution is 5.48. The molecule has 0 fully saturated rings. The van der Waals surface area contributed by atoms with Gasteiger partial charge in [-0.15, -0.1) is 0 Å². The molecule has 1 rings (SSSR count). The van der Waals surface area contributed by atoms with Crippen LogP contribution in [0, 0.1) is 18.3 Å². The summed E-state index contributed by atoms with van der Waals surface area (Å²) >= 11 is 0. The molecular weight excluding hydrogens is 214 g/mol. The van der Waals surface area contributed by atoms with Gasteiger partial charge in [0, 0.05) is 26.2 Å². The molecule has 0 saturated heterocycles. The molecule has 1 N–H and O–H groups in total. The van der Waals surface area contributed by atoms with Gasteiger partial charge in [0.2, 0.25) is 0 Å². The number of rotatable bonds is 6. The number of aromatic nitrogens is 2. The molecule has 5 heteroatoms. The van der Waals surface area contributed by atoms with Gasteiger partial charge < -0.3 is 10.2 Å². The van der Waals surface area contributed by atoms with Crippen LogP contribution in [0.4, 0.5) is 11.6 Å². The van der Waals surface area contributed by atoms with Crippen molar-refractivity contribution in [2.75, 3.05) is 30.4 Å². The minimum atomic E-state index is 0.497. The molecular formula is C12H19N5. The van der Waals surface area contributed by atoms with E-state index in [-0.39, 0.29) is 0 Å². The van der Waals surface area contributed by atoms with Crippen LogP contribution in [-0.4, -0.2) is 30.1 Å². The van der Waals surface area contributed by atoms with E-state index in [4.69, 9.17) is 5.26 Å². The highest BCUT2D eigenvalue weighted by Gasteiger charge is 2.05. The molecule has 0 saturated carbocycles. The van der Waals surface area contributed by atoms with Crippen LogP contribution >= 0.6 is 0 Å². The first kappa shape index (κ1) is 13.2. The van der Waals surface area contributed by atoms with Crippen LogP contribution in [0.2, 0.25) is 0 Å². The average Bonchev–Trinajstić information content (AvgIpc) is 2.32. The molecule has 0 unspecified atom stereocenters. The van der Waals surface area contributed by atoms with Crippen LogP contribution < -0.4 is 10.2 Å². The van der Waals surface area contributed by atoms with E-state index in [9.17, 15) is 0 Å². The molecule has 0 bridgehead atoms. The maximum absolute atomic E-state index is 8.57. The fourth-order valence-corrected chi connectivity index (χ4v) is 1.42. The summed E-state index contributed by atoms with van der Waals surface area (Å²) in [7, 11) is 1.93. The second-order valence-corrected chi connectivity index (χ2v) is 3.92. The van der Waals surface area contributed by atoms with Crippen molar-refractivity contribution < 1.29 is 0 Å². The average molecular weight is 233 g/mol. The van der Waals surface area contributed by atoms with Gasteiger partial charge in [0.25, 0.3) is 0 Å². The second-order valence-electron chi connectivity index (χ2n) is 3.92. The molecule has 17 heavy (non-hydrogen) atoms. The Hall–Kier alpha value is -1.83. The minimum Gasteiger partial charge on any atom is -0.370 e. The second kappa shape index (κ2) is 6.69. The summed E-state index contributed by atoms with van der Waals surface area (Å²) < 4.78 is 0. The molecule has 0 aliphatic carbocycles. The Morgan fingerprint density at radius 3 is 2.88 bits per heavy atom. The quantitative estimate of drug-likeness (QED) is 0.813. The summed E-state index contributed by atoms with van der Waals surface area (Å²) in [6, 6.07) is 4.05. The maximum Gasteiger partial charge on any atom is 0.134 e. The van der Waals surface area contributed by atoms with Gasteiger partial charge in [-0.05, 0) is 13.3 Å². The number of hydrogen-bond acceptors (Lipinski definition) is 5. The number of hydrogen-bond donors (Lipinski definition) is 1. The predicted molar refractivity (Wildman–Crippen MR) is 69.0 cm³/mol. The molecule has 1 aromatic rings. The number of nitrogens with one attached hydrogen (secondary N) is 1. The highest BCUT2D eigenvalue weighted by Crippen LogP contribution is 2.14. The van der Waals surface area contributed by atoms with Crippen molar-refractivity contribution in [2.24, 2.45) is 0 Å². The van der Waals surface area contributed by atoms with Crippen molar-refractivity contribution in [3.05, 3.63) is 11.9 Å². The molecule has 1 heterocycles. The summed E-state index contributed by atoms with van der Waals surface area (Å²) in [6.07, 6.45) is 1.56. The Labute approximate surface area is 102 Å². The van der Waals surface area contributed by atoms with Gasteiger partial charge in [0.15, 0.2) is 0 Å². The van der Waals surface area contributed by atoms with Crippen LogP contribution in [-0.2, 0) is 0 Å². The molecule has 0 spiro atoms. The monoisotopic (exact) mass is 233 g/mol. The van der Waals surface area contributed by atoms with Crippen LogP contribution in [0.1, 0.15) is 25.6 Å². The van der Waals surface area contributed by atoms with Crippen LogP contribution in [0.5, 0.6) is 0 Å². The van der Waals surface area contributed by atoms with Crippen molar-refractivity contribution in [3.8, 4) is 6.07 Å². The summed E-state index contributed by atoms with van der Waals surface area (Å²) in [6.45, 7) is 5.57. The highest BCUT2D eigenvalue weighted by atomic mass is 15.2. The lowest BCUT2D eigenvalue weighted by molar-refractivity contribution is 0.867. The summed E-state index contributed by atoms with van der Waals surface area (Å²) in [5, 5.41) is 11.8. The van der Waals surface area contributed by atoms with E-state index >= 15 is 0 Å². The third-order valence-corrected chi connectivity index (χ3v) is 2.33. The van der Waals surface area contributed by atoms with Gasteiger partial charge in [-0.2, -0.15) is 5.26 Å². The van der Waals surface area contributed by atoms with Crippen molar-refractivity contribution >= 4 is 11.6 Å². The fourth-order valence-electron chi connectivity index (χ4n) is 1.42. The third-order valence-electron chi connectivity index (χ3n) is 2.33. The Morgan fingerprint density at radius 1 is 1.47 bits per heavy atom. The standard InChI is InChI=1S/C12H19N5/c1-4-7-14-11-9-12(16-10(2)15-11)17(3)8-5-6-13/h9H,4-5,7-8H2,1-3H3,(H,14,15,16). The van der Waals surface area contributed by atoms with Gasteiger partial charge in [-0.1, -0.05) is 6.92 Å². The molecule has 1 aromatic heterocycles. The normalized spacial score (nSPS) is 9.76. The molecule has 0 atom stereocenters. The zero-order chi connectivity index (χ0) is 12.7. The molecule has 0 amide bonds. The van der Waals surface area contributed by atoms with Gasteiger partial charge >= 0.3 is 0 Å². The lowest BCUT2D eigenvalue weighted by Crippen LogP contribution is -2.20. The zero-order valence-electron chi connectivity index (χ0n) is 10.7.